The van der Waals surface area contributed by atoms with Crippen molar-refractivity contribution < 1.29 is 41.4 Å². The number of fused-ring (bicyclic) bond motifs is 2. The van der Waals surface area contributed by atoms with Gasteiger partial charge in [-0.05, 0) is 86.2 Å². The first-order valence-electron chi connectivity index (χ1n) is 21.2. The third kappa shape index (κ3) is 10.1. The summed E-state index contributed by atoms with van der Waals surface area (Å²) < 4.78 is 79.6. The van der Waals surface area contributed by atoms with Gasteiger partial charge in [-0.25, -0.2) is 8.78 Å². The van der Waals surface area contributed by atoms with Gasteiger partial charge in [-0.1, -0.05) is 31.9 Å². The van der Waals surface area contributed by atoms with E-state index in [-0.39, 0.29) is 55.6 Å². The molecule has 1 aromatic heterocycles. The van der Waals surface area contributed by atoms with Gasteiger partial charge in [0.1, 0.15) is 24.5 Å². The summed E-state index contributed by atoms with van der Waals surface area (Å²) in [7, 11) is 5.03. The molecule has 338 valence electrons. The molecular weight excluding hydrogens is 824 g/mol. The molecule has 5 atom stereocenters. The number of alkyl halides is 4. The smallest absolute Gasteiger partial charge is 0.406 e. The number of piperidine rings is 1. The van der Waals surface area contributed by atoms with Gasteiger partial charge >= 0.3 is 6.18 Å². The Morgan fingerprint density at radius 2 is 1.84 bits per heavy atom. The first-order chi connectivity index (χ1) is 30.0. The summed E-state index contributed by atoms with van der Waals surface area (Å²) in [5.41, 5.74) is 3.11. The molecule has 0 bridgehead atoms. The molecule has 3 aliphatic heterocycles. The molecule has 3 aromatic carbocycles. The number of aliphatic hydroxyl groups is 1. The molecule has 0 aliphatic carbocycles. The van der Waals surface area contributed by atoms with E-state index in [1.807, 2.05) is 36.8 Å². The van der Waals surface area contributed by atoms with E-state index in [0.29, 0.717) is 83.0 Å². The highest BCUT2D eigenvalue weighted by atomic mass is 19.4. The van der Waals surface area contributed by atoms with Crippen molar-refractivity contribution in [1.82, 2.24) is 20.1 Å². The number of likely N-dealkylation sites (N-methyl/N-ethyl adjacent to an activating group) is 1. The molecule has 17 heteroatoms. The number of aromatic nitrogens is 1. The molecule has 4 aromatic rings. The summed E-state index contributed by atoms with van der Waals surface area (Å²) in [6.07, 6.45) is -4.30. The Hall–Kier alpha value is -5.73. The van der Waals surface area contributed by atoms with Crippen LogP contribution in [-0.4, -0.2) is 123 Å². The predicted molar refractivity (Wildman–Crippen MR) is 235 cm³/mol. The number of hydrogen-bond acceptors (Lipinski definition) is 9. The average Bonchev–Trinajstić information content (AvgIpc) is 3.83. The zero-order valence-electron chi connectivity index (χ0n) is 36.1. The lowest BCUT2D eigenvalue weighted by Gasteiger charge is -2.38. The number of carbonyl (C=O) groups is 2. The molecule has 7 rings (SSSR count). The monoisotopic (exact) mass is 878 g/mol. The van der Waals surface area contributed by atoms with E-state index < -0.39 is 42.8 Å². The van der Waals surface area contributed by atoms with Crippen molar-refractivity contribution in [2.45, 2.75) is 76.2 Å². The second kappa shape index (κ2) is 18.9. The number of likely N-dealkylation sites (tertiary alicyclic amines) is 1. The van der Waals surface area contributed by atoms with Crippen LogP contribution in [0.5, 0.6) is 5.75 Å². The zero-order chi connectivity index (χ0) is 45.2. The standard InChI is InChI=1S/C46H55F5N8O4/c1-27(2)42-45(62)54-31(25-60)20-28-11-13-39(41(48)43(28)57(42)4)58-19-15-30(23-58)53-44(61)29-12-14-40(63-5)37(21-29)52-17-7-8-32-22-33-35(55-36-16-18-56(3)24-34(36)47)9-6-10-38(33)59(32)26-46(49,50)51/h6,9-14,21-22,27,30-31,34,36,42,52,55,60H,15-20,23-26H2,1-5H3,(H,53,61)(H,54,62)/t30-,31+,34+,36-,42+/m1/s1. The molecule has 12 nitrogen and oxygen atoms in total. The highest BCUT2D eigenvalue weighted by molar-refractivity contribution is 5.96. The average molecular weight is 879 g/mol. The number of aliphatic hydroxyl groups excluding tert-OH is 1. The third-order valence-electron chi connectivity index (χ3n) is 12.2. The normalized spacial score (nSPS) is 21.9. The van der Waals surface area contributed by atoms with Gasteiger partial charge in [-0.2, -0.15) is 13.2 Å². The van der Waals surface area contributed by atoms with Gasteiger partial charge in [0.2, 0.25) is 5.91 Å². The SMILES string of the molecule is COc1ccc(C(=O)N[C@@H]2CCN(c3ccc4c(c3F)N(C)[C@@H](C(C)C)C(=O)N[C@H](CO)C4)C2)cc1NCC#Cc1cc2c(N[C@@H]3CCN(C)C[C@@H]3F)cccc2n1CC(F)(F)F. The van der Waals surface area contributed by atoms with Gasteiger partial charge in [-0.15, -0.1) is 0 Å². The number of nitrogens with one attached hydrogen (secondary N) is 4. The van der Waals surface area contributed by atoms with E-state index in [2.05, 4.69) is 33.1 Å². The number of carbonyl (C=O) groups excluding carboxylic acids is 2. The minimum absolute atomic E-state index is 0.00155. The summed E-state index contributed by atoms with van der Waals surface area (Å²) in [4.78, 5) is 32.2. The van der Waals surface area contributed by atoms with E-state index in [1.54, 1.807) is 60.5 Å². The fraction of sp³-hybridized carbons (Fsp3) is 0.478. The first kappa shape index (κ1) is 45.3. The van der Waals surface area contributed by atoms with Crippen LogP contribution in [-0.2, 0) is 17.8 Å². The van der Waals surface area contributed by atoms with E-state index >= 15 is 4.39 Å². The number of benzene rings is 3. The lowest BCUT2D eigenvalue weighted by Crippen LogP contribution is -2.54. The molecule has 2 fully saturated rings. The molecule has 0 spiro atoms. The highest BCUT2D eigenvalue weighted by Crippen LogP contribution is 2.37. The Balaban J connectivity index is 1.04. The number of amides is 2. The Morgan fingerprint density at radius 3 is 2.56 bits per heavy atom. The molecular formula is C46H55F5N8O4. The number of ether oxygens (including phenoxy) is 1. The summed E-state index contributed by atoms with van der Waals surface area (Å²) in [6.45, 7) is 4.02. The molecule has 63 heavy (non-hydrogen) atoms. The van der Waals surface area contributed by atoms with Crippen LogP contribution in [0.25, 0.3) is 10.9 Å². The number of anilines is 4. The second-order valence-corrected chi connectivity index (χ2v) is 17.1. The molecule has 4 heterocycles. The third-order valence-corrected chi connectivity index (χ3v) is 12.2. The highest BCUT2D eigenvalue weighted by Gasteiger charge is 2.36. The number of halogens is 5. The van der Waals surface area contributed by atoms with Crippen molar-refractivity contribution in [3.63, 3.8) is 0 Å². The van der Waals surface area contributed by atoms with Gasteiger partial charge in [0.05, 0.1) is 60.6 Å². The van der Waals surface area contributed by atoms with Crippen molar-refractivity contribution in [1.29, 1.82) is 0 Å². The largest absolute Gasteiger partial charge is 0.495 e. The maximum atomic E-state index is 16.6. The van der Waals surface area contributed by atoms with E-state index in [0.717, 1.165) is 4.57 Å². The van der Waals surface area contributed by atoms with Gasteiger partial charge in [0, 0.05) is 55.9 Å². The minimum Gasteiger partial charge on any atom is -0.495 e. The van der Waals surface area contributed by atoms with Gasteiger partial charge in [0.15, 0.2) is 5.82 Å². The predicted octanol–water partition coefficient (Wildman–Crippen LogP) is 5.77. The van der Waals surface area contributed by atoms with Crippen molar-refractivity contribution in [3.05, 3.63) is 77.2 Å². The first-order valence-corrected chi connectivity index (χ1v) is 21.2. The molecule has 5 N–H and O–H groups in total. The van der Waals surface area contributed by atoms with Gasteiger partial charge < -0.3 is 50.4 Å². The number of hydrogen-bond donors (Lipinski definition) is 5. The van der Waals surface area contributed by atoms with Crippen LogP contribution in [0.4, 0.5) is 44.7 Å². The van der Waals surface area contributed by atoms with E-state index in [4.69, 9.17) is 4.74 Å². The van der Waals surface area contributed by atoms with Crippen molar-refractivity contribution in [2.75, 3.05) is 81.0 Å². The Bertz CT molecular complexity index is 2380. The van der Waals surface area contributed by atoms with Crippen LogP contribution in [0, 0.1) is 23.6 Å². The molecule has 0 saturated carbocycles. The van der Waals surface area contributed by atoms with Crippen LogP contribution < -0.4 is 35.8 Å². The maximum Gasteiger partial charge on any atom is 0.406 e. The Morgan fingerprint density at radius 1 is 1.05 bits per heavy atom. The number of nitrogens with zero attached hydrogens (tertiary/aromatic N) is 4. The molecule has 3 aliphatic rings. The fourth-order valence-corrected chi connectivity index (χ4v) is 9.07. The Labute approximate surface area is 364 Å². The van der Waals surface area contributed by atoms with Gasteiger partial charge in [0.25, 0.3) is 5.91 Å². The van der Waals surface area contributed by atoms with Crippen molar-refractivity contribution in [2.24, 2.45) is 5.92 Å². The summed E-state index contributed by atoms with van der Waals surface area (Å²) in [6, 6.07) is 13.0. The van der Waals surface area contributed by atoms with Gasteiger partial charge in [-0.3, -0.25) is 9.59 Å². The second-order valence-electron chi connectivity index (χ2n) is 17.1. The van der Waals surface area contributed by atoms with Crippen molar-refractivity contribution in [3.8, 4) is 17.6 Å². The summed E-state index contributed by atoms with van der Waals surface area (Å²) in [5.74, 6) is 4.99. The quantitative estimate of drug-likeness (QED) is 0.0944. The summed E-state index contributed by atoms with van der Waals surface area (Å²) >= 11 is 0. The lowest BCUT2D eigenvalue weighted by molar-refractivity contribution is -0.140. The minimum atomic E-state index is -4.52. The Kier molecular flexibility index (Phi) is 13.6. The van der Waals surface area contributed by atoms with Crippen LogP contribution in [0.2, 0.25) is 0 Å². The van der Waals surface area contributed by atoms with Crippen LogP contribution in [0.3, 0.4) is 0 Å². The number of rotatable bonds is 11. The molecule has 2 amide bonds. The number of methoxy groups -OCH3 is 1. The molecule has 0 radical (unpaired) electrons. The van der Waals surface area contributed by atoms with Crippen molar-refractivity contribution >= 4 is 45.5 Å². The van der Waals surface area contributed by atoms with Crippen LogP contribution in [0.1, 0.15) is 48.3 Å². The fourth-order valence-electron chi connectivity index (χ4n) is 9.07. The van der Waals surface area contributed by atoms with E-state index in [1.165, 1.54) is 7.11 Å². The molecule has 0 unspecified atom stereocenters. The zero-order valence-corrected chi connectivity index (χ0v) is 36.1. The van der Waals surface area contributed by atoms with Crippen LogP contribution >= 0.6 is 0 Å². The topological polar surface area (TPSA) is 126 Å². The lowest BCUT2D eigenvalue weighted by atomic mass is 9.94. The van der Waals surface area contributed by atoms with E-state index in [9.17, 15) is 32.3 Å². The maximum absolute atomic E-state index is 16.6. The van der Waals surface area contributed by atoms with Crippen LogP contribution in [0.15, 0.2) is 54.6 Å². The molecule has 2 saturated heterocycles. The summed E-state index contributed by atoms with van der Waals surface area (Å²) in [5, 5.41) is 22.8.